The van der Waals surface area contributed by atoms with Gasteiger partial charge in [-0.2, -0.15) is 0 Å². The van der Waals surface area contributed by atoms with Crippen LogP contribution in [-0.2, 0) is 4.74 Å². The van der Waals surface area contributed by atoms with Crippen LogP contribution in [0.25, 0.3) is 0 Å². The van der Waals surface area contributed by atoms with Crippen LogP contribution in [0.5, 0.6) is 11.5 Å². The number of hydrogen-bond acceptors (Lipinski definition) is 7. The fourth-order valence-electron chi connectivity index (χ4n) is 1.90. The monoisotopic (exact) mass is 272 g/mol. The van der Waals surface area contributed by atoms with E-state index in [0.29, 0.717) is 0 Å². The van der Waals surface area contributed by atoms with Crippen LogP contribution in [0.1, 0.15) is 0 Å². The highest BCUT2D eigenvalue weighted by Crippen LogP contribution is 2.29. The minimum atomic E-state index is -1.53. The maximum Gasteiger partial charge on any atom is 0.195 e. The van der Waals surface area contributed by atoms with Crippen molar-refractivity contribution < 1.29 is 35.0 Å². The Labute approximate surface area is 109 Å². The van der Waals surface area contributed by atoms with Crippen molar-refractivity contribution in [2.45, 2.75) is 30.7 Å². The summed E-state index contributed by atoms with van der Waals surface area (Å²) < 4.78 is 10.2. The Kier molecular flexibility index (Phi) is 4.23. The van der Waals surface area contributed by atoms with Gasteiger partial charge in [0.05, 0.1) is 6.61 Å². The molecule has 106 valence electrons. The molecule has 0 bridgehead atoms. The molecular weight excluding hydrogens is 256 g/mol. The van der Waals surface area contributed by atoms with Crippen molar-refractivity contribution >= 4 is 0 Å². The molecule has 1 aromatic carbocycles. The molecule has 1 heterocycles. The van der Waals surface area contributed by atoms with E-state index in [2.05, 4.69) is 0 Å². The van der Waals surface area contributed by atoms with E-state index < -0.39 is 37.3 Å². The molecule has 0 spiro atoms. The van der Waals surface area contributed by atoms with Gasteiger partial charge in [0.2, 0.25) is 0 Å². The molecule has 0 aromatic heterocycles. The van der Waals surface area contributed by atoms with E-state index in [-0.39, 0.29) is 11.5 Å². The number of rotatable bonds is 3. The summed E-state index contributed by atoms with van der Waals surface area (Å²) in [6, 6.07) is 6.01. The first-order valence-corrected chi connectivity index (χ1v) is 5.79. The SMILES string of the molecule is OC[C@H]1O[C@@H](O)[C@H](Oc2ccccc2O)[C@@H](O)[C@@H]1O. The minimum Gasteiger partial charge on any atom is -0.504 e. The molecule has 0 radical (unpaired) electrons. The molecule has 7 nitrogen and oxygen atoms in total. The highest BCUT2D eigenvalue weighted by atomic mass is 16.7. The smallest absolute Gasteiger partial charge is 0.195 e. The second kappa shape index (κ2) is 5.72. The molecule has 1 saturated heterocycles. The average Bonchev–Trinajstić information content (AvgIpc) is 2.41. The predicted octanol–water partition coefficient (Wildman–Crippen LogP) is -1.43. The van der Waals surface area contributed by atoms with Crippen LogP contribution in [0.4, 0.5) is 0 Å². The molecule has 7 heteroatoms. The number of ether oxygens (including phenoxy) is 2. The van der Waals surface area contributed by atoms with E-state index in [9.17, 15) is 20.4 Å². The fourth-order valence-corrected chi connectivity index (χ4v) is 1.90. The summed E-state index contributed by atoms with van der Waals surface area (Å²) >= 11 is 0. The van der Waals surface area contributed by atoms with Crippen LogP contribution >= 0.6 is 0 Å². The lowest BCUT2D eigenvalue weighted by molar-refractivity contribution is -0.280. The van der Waals surface area contributed by atoms with Crippen LogP contribution < -0.4 is 4.74 Å². The summed E-state index contributed by atoms with van der Waals surface area (Å²) in [4.78, 5) is 0. The van der Waals surface area contributed by atoms with Crippen LogP contribution in [-0.4, -0.2) is 62.8 Å². The number of aliphatic hydroxyl groups excluding tert-OH is 4. The lowest BCUT2D eigenvalue weighted by Crippen LogP contribution is -2.60. The minimum absolute atomic E-state index is 0.0452. The molecule has 0 unspecified atom stereocenters. The number of para-hydroxylation sites is 2. The maximum absolute atomic E-state index is 9.85. The number of phenolic OH excluding ortho intramolecular Hbond substituents is 1. The summed E-state index contributed by atoms with van der Waals surface area (Å²) in [5, 5.41) is 47.7. The van der Waals surface area contributed by atoms with Crippen LogP contribution in [0, 0.1) is 0 Å². The number of phenols is 1. The third-order valence-corrected chi connectivity index (χ3v) is 2.97. The molecule has 1 fully saturated rings. The van der Waals surface area contributed by atoms with Crippen molar-refractivity contribution in [1.82, 2.24) is 0 Å². The first-order valence-electron chi connectivity index (χ1n) is 5.79. The lowest BCUT2D eigenvalue weighted by Gasteiger charge is -2.39. The Morgan fingerprint density at radius 1 is 1.11 bits per heavy atom. The standard InChI is InChI=1S/C12H16O7/c13-5-8-9(15)10(16)11(12(17)19-8)18-7-4-2-1-3-6(7)14/h1-4,8-17H,5H2/t8-,9-,10+,11-,12-/m1/s1. The molecule has 1 aliphatic heterocycles. The molecule has 2 rings (SSSR count). The van der Waals surface area contributed by atoms with Gasteiger partial charge in [-0.3, -0.25) is 0 Å². The largest absolute Gasteiger partial charge is 0.504 e. The van der Waals surface area contributed by atoms with Crippen LogP contribution in [0.2, 0.25) is 0 Å². The van der Waals surface area contributed by atoms with Gasteiger partial charge in [-0.05, 0) is 12.1 Å². The Hall–Kier alpha value is -1.38. The topological polar surface area (TPSA) is 120 Å². The Balaban J connectivity index is 2.14. The Morgan fingerprint density at radius 2 is 1.79 bits per heavy atom. The van der Waals surface area contributed by atoms with Crippen molar-refractivity contribution in [3.8, 4) is 11.5 Å². The normalized spacial score (nSPS) is 35.1. The zero-order chi connectivity index (χ0) is 14.0. The molecular formula is C12H16O7. The second-order valence-electron chi connectivity index (χ2n) is 4.28. The number of aromatic hydroxyl groups is 1. The summed E-state index contributed by atoms with van der Waals surface area (Å²) in [6.45, 7) is -0.543. The lowest BCUT2D eigenvalue weighted by atomic mass is 9.99. The van der Waals surface area contributed by atoms with Crippen molar-refractivity contribution in [2.24, 2.45) is 0 Å². The van der Waals surface area contributed by atoms with Gasteiger partial charge in [-0.15, -0.1) is 0 Å². The van der Waals surface area contributed by atoms with Gasteiger partial charge in [0.1, 0.15) is 18.3 Å². The van der Waals surface area contributed by atoms with Gasteiger partial charge in [0.15, 0.2) is 23.9 Å². The highest BCUT2D eigenvalue weighted by molar-refractivity contribution is 5.38. The highest BCUT2D eigenvalue weighted by Gasteiger charge is 2.45. The molecule has 5 atom stereocenters. The van der Waals surface area contributed by atoms with Crippen molar-refractivity contribution in [3.63, 3.8) is 0 Å². The first kappa shape index (κ1) is 14.0. The third-order valence-electron chi connectivity index (χ3n) is 2.97. The fraction of sp³-hybridized carbons (Fsp3) is 0.500. The first-order chi connectivity index (χ1) is 9.04. The quantitative estimate of drug-likeness (QED) is 0.457. The van der Waals surface area contributed by atoms with Crippen molar-refractivity contribution in [2.75, 3.05) is 6.61 Å². The summed E-state index contributed by atoms with van der Waals surface area (Å²) in [5.74, 6) is -0.121. The van der Waals surface area contributed by atoms with Crippen LogP contribution in [0.3, 0.4) is 0 Å². The Morgan fingerprint density at radius 3 is 2.42 bits per heavy atom. The molecule has 0 aliphatic carbocycles. The number of aliphatic hydroxyl groups is 4. The molecule has 0 amide bonds. The zero-order valence-corrected chi connectivity index (χ0v) is 9.96. The van der Waals surface area contributed by atoms with E-state index >= 15 is 0 Å². The van der Waals surface area contributed by atoms with Gasteiger partial charge in [-0.1, -0.05) is 12.1 Å². The van der Waals surface area contributed by atoms with Gasteiger partial charge in [0.25, 0.3) is 0 Å². The number of hydrogen-bond donors (Lipinski definition) is 5. The molecule has 0 saturated carbocycles. The van der Waals surface area contributed by atoms with Gasteiger partial charge in [0, 0.05) is 0 Å². The van der Waals surface area contributed by atoms with Crippen LogP contribution in [0.15, 0.2) is 24.3 Å². The summed E-state index contributed by atoms with van der Waals surface area (Å²) in [6.07, 6.45) is -6.75. The molecule has 1 aliphatic rings. The molecule has 19 heavy (non-hydrogen) atoms. The van der Waals surface area contributed by atoms with Crippen molar-refractivity contribution in [3.05, 3.63) is 24.3 Å². The van der Waals surface area contributed by atoms with E-state index in [0.717, 1.165) is 0 Å². The van der Waals surface area contributed by atoms with E-state index in [1.165, 1.54) is 12.1 Å². The zero-order valence-electron chi connectivity index (χ0n) is 9.96. The summed E-state index contributed by atoms with van der Waals surface area (Å²) in [7, 11) is 0. The number of benzene rings is 1. The maximum atomic E-state index is 9.85. The average molecular weight is 272 g/mol. The summed E-state index contributed by atoms with van der Waals surface area (Å²) in [5.41, 5.74) is 0. The molecule has 1 aromatic rings. The second-order valence-corrected chi connectivity index (χ2v) is 4.28. The van der Waals surface area contributed by atoms with E-state index in [4.69, 9.17) is 14.6 Å². The predicted molar refractivity (Wildman–Crippen MR) is 62.5 cm³/mol. The van der Waals surface area contributed by atoms with E-state index in [1.54, 1.807) is 12.1 Å². The van der Waals surface area contributed by atoms with Gasteiger partial charge in [-0.25, -0.2) is 0 Å². The van der Waals surface area contributed by atoms with Gasteiger partial charge >= 0.3 is 0 Å². The van der Waals surface area contributed by atoms with Gasteiger partial charge < -0.3 is 35.0 Å². The Bertz CT molecular complexity index is 424. The van der Waals surface area contributed by atoms with Crippen molar-refractivity contribution in [1.29, 1.82) is 0 Å². The third kappa shape index (κ3) is 2.80. The molecule has 5 N–H and O–H groups in total. The van der Waals surface area contributed by atoms with E-state index in [1.807, 2.05) is 0 Å².